The molecule has 0 unspecified atom stereocenters. The van der Waals surface area contributed by atoms with E-state index in [9.17, 15) is 0 Å². The van der Waals surface area contributed by atoms with Crippen molar-refractivity contribution in [2.45, 2.75) is 31.9 Å². The van der Waals surface area contributed by atoms with Gasteiger partial charge in [-0.15, -0.1) is 0 Å². The Morgan fingerprint density at radius 1 is 1.18 bits per heavy atom. The first-order valence-electron chi connectivity index (χ1n) is 7.40. The van der Waals surface area contributed by atoms with Crippen molar-refractivity contribution in [3.8, 4) is 0 Å². The molecule has 0 aliphatic rings. The third-order valence-electron chi connectivity index (χ3n) is 3.65. The van der Waals surface area contributed by atoms with E-state index in [4.69, 9.17) is 17.3 Å². The van der Waals surface area contributed by atoms with E-state index in [0.717, 1.165) is 28.4 Å². The van der Waals surface area contributed by atoms with Crippen LogP contribution in [-0.2, 0) is 5.75 Å². The van der Waals surface area contributed by atoms with Crippen molar-refractivity contribution in [3.63, 3.8) is 0 Å². The molecule has 4 heteroatoms. The summed E-state index contributed by atoms with van der Waals surface area (Å²) in [5.74, 6) is 1.30. The highest BCUT2D eigenvalue weighted by atomic mass is 35.5. The minimum Gasteiger partial charge on any atom is -0.378 e. The maximum atomic E-state index is 6.13. The first kappa shape index (κ1) is 16.9. The van der Waals surface area contributed by atoms with Crippen LogP contribution in [0.5, 0.6) is 0 Å². The number of nitrogens with zero attached hydrogens (tertiary/aromatic N) is 1. The Bertz CT molecular complexity index is 638. The summed E-state index contributed by atoms with van der Waals surface area (Å²) in [6.07, 6.45) is 1.14. The Kier molecular flexibility index (Phi) is 6.34. The van der Waals surface area contributed by atoms with E-state index in [-0.39, 0.29) is 0 Å². The minimum absolute atomic E-state index is 0.552. The van der Waals surface area contributed by atoms with Gasteiger partial charge in [0.1, 0.15) is 0 Å². The molecule has 0 radical (unpaired) electrons. The lowest BCUT2D eigenvalue weighted by Crippen LogP contribution is -2.06. The Morgan fingerprint density at radius 2 is 1.86 bits per heavy atom. The second-order valence-corrected chi connectivity index (χ2v) is 6.63. The molecule has 0 heterocycles. The Balaban J connectivity index is 1.98. The monoisotopic (exact) mass is 332 g/mol. The molecule has 0 aliphatic carbocycles. The SMILES string of the molecule is CC[C@H](C)c1ccc(N=C(N)SCc2ccccc2Cl)cc1. The largest absolute Gasteiger partial charge is 0.378 e. The number of hydrogen-bond acceptors (Lipinski definition) is 2. The van der Waals surface area contributed by atoms with Crippen LogP contribution >= 0.6 is 23.4 Å². The van der Waals surface area contributed by atoms with Gasteiger partial charge in [-0.25, -0.2) is 4.99 Å². The highest BCUT2D eigenvalue weighted by Gasteiger charge is 2.04. The maximum absolute atomic E-state index is 6.13. The molecule has 1 atom stereocenters. The molecule has 2 rings (SSSR count). The molecule has 2 aromatic rings. The number of halogens is 1. The van der Waals surface area contributed by atoms with Gasteiger partial charge in [0.15, 0.2) is 5.17 Å². The first-order valence-corrected chi connectivity index (χ1v) is 8.76. The smallest absolute Gasteiger partial charge is 0.159 e. The number of benzene rings is 2. The van der Waals surface area contributed by atoms with Crippen molar-refractivity contribution in [2.75, 3.05) is 0 Å². The molecular weight excluding hydrogens is 312 g/mol. The molecule has 116 valence electrons. The number of nitrogens with two attached hydrogens (primary N) is 1. The van der Waals surface area contributed by atoms with Gasteiger partial charge >= 0.3 is 0 Å². The van der Waals surface area contributed by atoms with Gasteiger partial charge in [0, 0.05) is 10.8 Å². The Hall–Kier alpha value is -1.45. The second kappa shape index (κ2) is 8.25. The van der Waals surface area contributed by atoms with Crippen LogP contribution in [0, 0.1) is 0 Å². The van der Waals surface area contributed by atoms with Crippen molar-refractivity contribution in [1.82, 2.24) is 0 Å². The topological polar surface area (TPSA) is 38.4 Å². The van der Waals surface area contributed by atoms with Crippen LogP contribution < -0.4 is 5.73 Å². The fraction of sp³-hybridized carbons (Fsp3) is 0.278. The van der Waals surface area contributed by atoms with Gasteiger partial charge < -0.3 is 5.73 Å². The van der Waals surface area contributed by atoms with E-state index in [1.165, 1.54) is 17.3 Å². The van der Waals surface area contributed by atoms with E-state index in [1.54, 1.807) is 0 Å². The molecule has 0 fully saturated rings. The van der Waals surface area contributed by atoms with Crippen LogP contribution in [0.3, 0.4) is 0 Å². The van der Waals surface area contributed by atoms with Gasteiger partial charge in [-0.05, 0) is 41.7 Å². The van der Waals surface area contributed by atoms with Crippen LogP contribution in [0.2, 0.25) is 5.02 Å². The average molecular weight is 333 g/mol. The normalized spacial score (nSPS) is 13.1. The quantitative estimate of drug-likeness (QED) is 0.560. The molecule has 0 spiro atoms. The number of aliphatic imine (C=N–C) groups is 1. The molecule has 0 saturated heterocycles. The zero-order valence-electron chi connectivity index (χ0n) is 12.9. The molecule has 0 amide bonds. The van der Waals surface area contributed by atoms with Gasteiger partial charge in [0.05, 0.1) is 5.69 Å². The summed E-state index contributed by atoms with van der Waals surface area (Å²) in [7, 11) is 0. The maximum Gasteiger partial charge on any atom is 0.159 e. The third kappa shape index (κ3) is 4.79. The van der Waals surface area contributed by atoms with Gasteiger partial charge in [-0.3, -0.25) is 0 Å². The van der Waals surface area contributed by atoms with Crippen LogP contribution in [-0.4, -0.2) is 5.17 Å². The van der Waals surface area contributed by atoms with E-state index in [1.807, 2.05) is 36.4 Å². The first-order chi connectivity index (χ1) is 10.6. The summed E-state index contributed by atoms with van der Waals surface area (Å²) in [5, 5.41) is 1.32. The van der Waals surface area contributed by atoms with E-state index in [2.05, 4.69) is 31.0 Å². The predicted octanol–water partition coefficient (Wildman–Crippen LogP) is 5.73. The van der Waals surface area contributed by atoms with E-state index >= 15 is 0 Å². The molecule has 2 aromatic carbocycles. The summed E-state index contributed by atoms with van der Waals surface area (Å²) >= 11 is 7.63. The highest BCUT2D eigenvalue weighted by molar-refractivity contribution is 8.13. The summed E-state index contributed by atoms with van der Waals surface area (Å²) in [6.45, 7) is 4.42. The molecule has 0 aromatic heterocycles. The molecule has 0 bridgehead atoms. The van der Waals surface area contributed by atoms with Gasteiger partial charge in [0.25, 0.3) is 0 Å². The van der Waals surface area contributed by atoms with Crippen molar-refractivity contribution in [2.24, 2.45) is 10.7 Å². The van der Waals surface area contributed by atoms with Crippen molar-refractivity contribution in [3.05, 3.63) is 64.7 Å². The van der Waals surface area contributed by atoms with Gasteiger partial charge in [0.2, 0.25) is 0 Å². The third-order valence-corrected chi connectivity index (χ3v) is 4.86. The van der Waals surface area contributed by atoms with Crippen LogP contribution in [0.4, 0.5) is 5.69 Å². The number of amidine groups is 1. The number of rotatable bonds is 5. The lowest BCUT2D eigenvalue weighted by atomic mass is 9.99. The number of thioether (sulfide) groups is 1. The minimum atomic E-state index is 0.552. The molecule has 22 heavy (non-hydrogen) atoms. The lowest BCUT2D eigenvalue weighted by Gasteiger charge is -2.08. The van der Waals surface area contributed by atoms with E-state index < -0.39 is 0 Å². The Labute approximate surface area is 141 Å². The van der Waals surface area contributed by atoms with Crippen molar-refractivity contribution in [1.29, 1.82) is 0 Å². The zero-order chi connectivity index (χ0) is 15.9. The summed E-state index contributed by atoms with van der Waals surface area (Å²) in [4.78, 5) is 4.44. The van der Waals surface area contributed by atoms with Crippen LogP contribution in [0.15, 0.2) is 53.5 Å². The Morgan fingerprint density at radius 3 is 2.50 bits per heavy atom. The molecular formula is C18H21ClN2S. The van der Waals surface area contributed by atoms with E-state index in [0.29, 0.717) is 11.1 Å². The van der Waals surface area contributed by atoms with Gasteiger partial charge in [-0.2, -0.15) is 0 Å². The van der Waals surface area contributed by atoms with Crippen molar-refractivity contribution >= 4 is 34.2 Å². The summed E-state index contributed by atoms with van der Waals surface area (Å²) in [5.41, 5.74) is 9.29. The molecule has 0 aliphatic heterocycles. The molecule has 0 saturated carbocycles. The zero-order valence-corrected chi connectivity index (χ0v) is 14.5. The fourth-order valence-electron chi connectivity index (χ4n) is 2.04. The molecule has 2 nitrogen and oxygen atoms in total. The second-order valence-electron chi connectivity index (χ2n) is 5.23. The summed E-state index contributed by atoms with van der Waals surface area (Å²) in [6, 6.07) is 16.1. The highest BCUT2D eigenvalue weighted by Crippen LogP contribution is 2.24. The lowest BCUT2D eigenvalue weighted by molar-refractivity contribution is 0.734. The van der Waals surface area contributed by atoms with Crippen LogP contribution in [0.1, 0.15) is 37.3 Å². The fourth-order valence-corrected chi connectivity index (χ4v) is 3.05. The predicted molar refractivity (Wildman–Crippen MR) is 99.2 cm³/mol. The van der Waals surface area contributed by atoms with Gasteiger partial charge in [-0.1, -0.05) is 67.5 Å². The molecule has 2 N–H and O–H groups in total. The van der Waals surface area contributed by atoms with Crippen molar-refractivity contribution < 1.29 is 0 Å². The average Bonchev–Trinajstić information content (AvgIpc) is 2.54. The standard InChI is InChI=1S/C18H21ClN2S/c1-3-13(2)14-8-10-16(11-9-14)21-18(20)22-12-15-6-4-5-7-17(15)19/h4-11,13H,3,12H2,1-2H3,(H2,20,21)/t13-/m0/s1. The summed E-state index contributed by atoms with van der Waals surface area (Å²) < 4.78 is 0. The number of hydrogen-bond donors (Lipinski definition) is 1. The van der Waals surface area contributed by atoms with Crippen LogP contribution in [0.25, 0.3) is 0 Å².